The Bertz CT molecular complexity index is 499. The van der Waals surface area contributed by atoms with Crippen molar-refractivity contribution >= 4 is 23.5 Å². The Morgan fingerprint density at radius 1 is 1.47 bits per heavy atom. The zero-order chi connectivity index (χ0) is 13.8. The van der Waals surface area contributed by atoms with Gasteiger partial charge in [0.1, 0.15) is 0 Å². The molecule has 6 heteroatoms. The summed E-state index contributed by atoms with van der Waals surface area (Å²) in [6.45, 7) is 1.54. The summed E-state index contributed by atoms with van der Waals surface area (Å²) in [5, 5.41) is 0.698. The van der Waals surface area contributed by atoms with Crippen molar-refractivity contribution in [3.63, 3.8) is 0 Å². The maximum atomic E-state index is 11.9. The van der Waals surface area contributed by atoms with Gasteiger partial charge in [-0.2, -0.15) is 4.99 Å². The number of nitrogens with two attached hydrogens (primary N) is 2. The van der Waals surface area contributed by atoms with Gasteiger partial charge in [0, 0.05) is 11.6 Å². The van der Waals surface area contributed by atoms with E-state index in [1.807, 2.05) is 24.3 Å². The van der Waals surface area contributed by atoms with Crippen LogP contribution in [0.4, 0.5) is 0 Å². The molecule has 1 aliphatic rings. The van der Waals surface area contributed by atoms with Crippen LogP contribution in [0.1, 0.15) is 18.4 Å². The third-order valence-electron chi connectivity index (χ3n) is 3.16. The average Bonchev–Trinajstić information content (AvgIpc) is 2.76. The van der Waals surface area contributed by atoms with Gasteiger partial charge in [-0.05, 0) is 37.1 Å². The molecule has 0 radical (unpaired) electrons. The summed E-state index contributed by atoms with van der Waals surface area (Å²) in [6, 6.07) is 7.40. The van der Waals surface area contributed by atoms with E-state index in [4.69, 9.17) is 23.1 Å². The molecule has 1 aromatic rings. The lowest BCUT2D eigenvalue weighted by Crippen LogP contribution is -2.36. The standard InChI is InChI=1S/C13H17ClN4O/c14-10-4-1-3-9(7-10)8-18-6-2-5-11(18)12(19)17-13(15)16/h1,3-4,7,11H,2,5-6,8H2,(H4,15,16,17,19). The van der Waals surface area contributed by atoms with Gasteiger partial charge in [-0.1, -0.05) is 23.7 Å². The van der Waals surface area contributed by atoms with E-state index >= 15 is 0 Å². The number of hydrogen-bond acceptors (Lipinski definition) is 2. The highest BCUT2D eigenvalue weighted by molar-refractivity contribution is 6.30. The second kappa shape index (κ2) is 6.04. The molecule has 1 heterocycles. The molecule has 2 rings (SSSR count). The van der Waals surface area contributed by atoms with Gasteiger partial charge in [-0.15, -0.1) is 0 Å². The lowest BCUT2D eigenvalue weighted by atomic mass is 10.1. The lowest BCUT2D eigenvalue weighted by molar-refractivity contribution is -0.122. The van der Waals surface area contributed by atoms with Crippen LogP contribution in [-0.4, -0.2) is 29.4 Å². The van der Waals surface area contributed by atoms with Gasteiger partial charge in [0.05, 0.1) is 6.04 Å². The molecule has 0 bridgehead atoms. The van der Waals surface area contributed by atoms with Crippen molar-refractivity contribution in [2.45, 2.75) is 25.4 Å². The number of carbonyl (C=O) groups is 1. The van der Waals surface area contributed by atoms with Crippen LogP contribution in [0.25, 0.3) is 0 Å². The number of likely N-dealkylation sites (tertiary alicyclic amines) is 1. The Morgan fingerprint density at radius 3 is 2.95 bits per heavy atom. The molecule has 1 aromatic carbocycles. The normalized spacial score (nSPS) is 19.3. The second-order valence-corrected chi connectivity index (χ2v) is 5.07. The van der Waals surface area contributed by atoms with E-state index in [1.54, 1.807) is 0 Å². The molecule has 1 saturated heterocycles. The van der Waals surface area contributed by atoms with Crippen molar-refractivity contribution in [3.8, 4) is 0 Å². The molecule has 102 valence electrons. The zero-order valence-corrected chi connectivity index (χ0v) is 11.3. The van der Waals surface area contributed by atoms with Crippen LogP contribution in [0, 0.1) is 0 Å². The summed E-state index contributed by atoms with van der Waals surface area (Å²) >= 11 is 5.96. The number of nitrogens with zero attached hydrogens (tertiary/aromatic N) is 2. The number of guanidine groups is 1. The molecule has 0 spiro atoms. The monoisotopic (exact) mass is 280 g/mol. The minimum absolute atomic E-state index is 0.181. The van der Waals surface area contributed by atoms with Gasteiger partial charge < -0.3 is 11.5 Å². The summed E-state index contributed by atoms with van der Waals surface area (Å²) in [7, 11) is 0. The summed E-state index contributed by atoms with van der Waals surface area (Å²) < 4.78 is 0. The highest BCUT2D eigenvalue weighted by atomic mass is 35.5. The summed E-state index contributed by atoms with van der Waals surface area (Å²) in [6.07, 6.45) is 1.76. The minimum atomic E-state index is -0.264. The van der Waals surface area contributed by atoms with E-state index in [0.29, 0.717) is 11.6 Å². The SMILES string of the molecule is NC(N)=NC(=O)C1CCCN1Cc1cccc(Cl)c1. The molecule has 1 amide bonds. The van der Waals surface area contributed by atoms with Gasteiger partial charge in [0.2, 0.25) is 0 Å². The van der Waals surface area contributed by atoms with Gasteiger partial charge in [-0.3, -0.25) is 9.69 Å². The first-order valence-electron chi connectivity index (χ1n) is 6.18. The number of hydrogen-bond donors (Lipinski definition) is 2. The lowest BCUT2D eigenvalue weighted by Gasteiger charge is -2.21. The maximum absolute atomic E-state index is 11.9. The summed E-state index contributed by atoms with van der Waals surface area (Å²) in [5.74, 6) is -0.445. The fourth-order valence-corrected chi connectivity index (χ4v) is 2.58. The molecule has 19 heavy (non-hydrogen) atoms. The molecule has 0 saturated carbocycles. The Balaban J connectivity index is 2.07. The Morgan fingerprint density at radius 2 is 2.26 bits per heavy atom. The van der Waals surface area contributed by atoms with Gasteiger partial charge in [-0.25, -0.2) is 0 Å². The fourth-order valence-electron chi connectivity index (χ4n) is 2.37. The van der Waals surface area contributed by atoms with Crippen LogP contribution < -0.4 is 11.5 Å². The number of amides is 1. The van der Waals surface area contributed by atoms with Crippen molar-refractivity contribution in [3.05, 3.63) is 34.9 Å². The van der Waals surface area contributed by atoms with Gasteiger partial charge in [0.25, 0.3) is 5.91 Å². The molecule has 5 nitrogen and oxygen atoms in total. The highest BCUT2D eigenvalue weighted by Gasteiger charge is 2.30. The van der Waals surface area contributed by atoms with Crippen molar-refractivity contribution in [2.24, 2.45) is 16.5 Å². The van der Waals surface area contributed by atoms with E-state index in [9.17, 15) is 4.79 Å². The molecule has 1 fully saturated rings. The molecule has 1 atom stereocenters. The van der Waals surface area contributed by atoms with Crippen LogP contribution in [-0.2, 0) is 11.3 Å². The molecular formula is C13H17ClN4O. The first-order chi connectivity index (χ1) is 9.06. The van der Waals surface area contributed by atoms with Crippen LogP contribution in [0.5, 0.6) is 0 Å². The third kappa shape index (κ3) is 3.68. The molecule has 0 aliphatic carbocycles. The molecule has 1 unspecified atom stereocenters. The van der Waals surface area contributed by atoms with Crippen LogP contribution in [0.15, 0.2) is 29.3 Å². The van der Waals surface area contributed by atoms with Crippen molar-refractivity contribution in [1.82, 2.24) is 4.90 Å². The molecule has 1 aliphatic heterocycles. The van der Waals surface area contributed by atoms with Gasteiger partial charge in [0.15, 0.2) is 5.96 Å². The first kappa shape index (κ1) is 13.8. The Hall–Kier alpha value is -1.59. The average molecular weight is 281 g/mol. The number of halogens is 1. The second-order valence-electron chi connectivity index (χ2n) is 4.63. The van der Waals surface area contributed by atoms with Gasteiger partial charge >= 0.3 is 0 Å². The Kier molecular flexibility index (Phi) is 4.39. The topological polar surface area (TPSA) is 84.7 Å². The van der Waals surface area contributed by atoms with Crippen molar-refractivity contribution in [1.29, 1.82) is 0 Å². The van der Waals surface area contributed by atoms with Crippen molar-refractivity contribution < 1.29 is 4.79 Å². The number of rotatable bonds is 3. The number of carbonyl (C=O) groups excluding carboxylic acids is 1. The smallest absolute Gasteiger partial charge is 0.266 e. The maximum Gasteiger partial charge on any atom is 0.266 e. The fraction of sp³-hybridized carbons (Fsp3) is 0.385. The van der Waals surface area contributed by atoms with E-state index in [2.05, 4.69) is 9.89 Å². The molecular weight excluding hydrogens is 264 g/mol. The molecule has 4 N–H and O–H groups in total. The number of benzene rings is 1. The van der Waals surface area contributed by atoms with Crippen LogP contribution in [0.2, 0.25) is 5.02 Å². The van der Waals surface area contributed by atoms with E-state index < -0.39 is 0 Å². The Labute approximate surface area is 117 Å². The summed E-state index contributed by atoms with van der Waals surface area (Å²) in [5.41, 5.74) is 11.6. The predicted octanol–water partition coefficient (Wildman–Crippen LogP) is 1.10. The minimum Gasteiger partial charge on any atom is -0.370 e. The van der Waals surface area contributed by atoms with E-state index in [0.717, 1.165) is 24.9 Å². The summed E-state index contributed by atoms with van der Waals surface area (Å²) in [4.78, 5) is 17.6. The third-order valence-corrected chi connectivity index (χ3v) is 3.40. The van der Waals surface area contributed by atoms with E-state index in [-0.39, 0.29) is 17.9 Å². The van der Waals surface area contributed by atoms with Crippen molar-refractivity contribution in [2.75, 3.05) is 6.54 Å². The van der Waals surface area contributed by atoms with Crippen LogP contribution >= 0.6 is 11.6 Å². The quantitative estimate of drug-likeness (QED) is 0.641. The van der Waals surface area contributed by atoms with Crippen LogP contribution in [0.3, 0.4) is 0 Å². The molecule has 0 aromatic heterocycles. The predicted molar refractivity (Wildman–Crippen MR) is 75.7 cm³/mol. The highest BCUT2D eigenvalue weighted by Crippen LogP contribution is 2.22. The number of aliphatic imine (C=N–C) groups is 1. The largest absolute Gasteiger partial charge is 0.370 e. The zero-order valence-electron chi connectivity index (χ0n) is 10.6. The van der Waals surface area contributed by atoms with E-state index in [1.165, 1.54) is 0 Å². The first-order valence-corrected chi connectivity index (χ1v) is 6.56.